The zero-order valence-corrected chi connectivity index (χ0v) is 15.5. The molecule has 0 aliphatic rings. The number of hydrogen-bond donors (Lipinski definition) is 0. The molecule has 0 fully saturated rings. The van der Waals surface area contributed by atoms with Gasteiger partial charge in [0.15, 0.2) is 0 Å². The van der Waals surface area contributed by atoms with Gasteiger partial charge in [0.25, 0.3) is 0 Å². The minimum absolute atomic E-state index is 0.356. The van der Waals surface area contributed by atoms with Crippen LogP contribution in [0, 0.1) is 6.92 Å². The Morgan fingerprint density at radius 3 is 2.22 bits per heavy atom. The van der Waals surface area contributed by atoms with Gasteiger partial charge < -0.3 is 0 Å². The van der Waals surface area contributed by atoms with Gasteiger partial charge in [0.2, 0.25) is 0 Å². The molecular weight excluding hydrogens is 367 g/mol. The molecule has 3 aromatic carbocycles. The summed E-state index contributed by atoms with van der Waals surface area (Å²) in [6.45, 7) is 2.04. The molecule has 0 unspecified atom stereocenters. The Morgan fingerprint density at radius 2 is 1.48 bits per heavy atom. The summed E-state index contributed by atoms with van der Waals surface area (Å²) in [7, 11) is -1.11. The van der Waals surface area contributed by atoms with E-state index in [0.29, 0.717) is 15.0 Å². The summed E-state index contributed by atoms with van der Waals surface area (Å²) in [6, 6.07) is 26.6. The molecule has 0 N–H and O–H groups in total. The molecule has 3 heteroatoms. The summed E-state index contributed by atoms with van der Waals surface area (Å²) in [5.41, 5.74) is 2.38. The Bertz CT molecular complexity index is 797. The molecular formula is C20H18OSSe. The molecule has 0 bridgehead atoms. The molecule has 116 valence electrons. The van der Waals surface area contributed by atoms with E-state index in [1.807, 2.05) is 55.5 Å². The van der Waals surface area contributed by atoms with Crippen LogP contribution in [-0.2, 0) is 16.1 Å². The van der Waals surface area contributed by atoms with Gasteiger partial charge in [-0.3, -0.25) is 0 Å². The summed E-state index contributed by atoms with van der Waals surface area (Å²) in [6.07, 6.45) is 0. The van der Waals surface area contributed by atoms with E-state index in [1.54, 1.807) is 0 Å². The maximum absolute atomic E-state index is 12.9. The molecule has 23 heavy (non-hydrogen) atoms. The van der Waals surface area contributed by atoms with Crippen molar-refractivity contribution in [2.75, 3.05) is 0 Å². The minimum atomic E-state index is -1.11. The van der Waals surface area contributed by atoms with Gasteiger partial charge in [0, 0.05) is 0 Å². The van der Waals surface area contributed by atoms with Gasteiger partial charge in [-0.2, -0.15) is 0 Å². The van der Waals surface area contributed by atoms with Crippen LogP contribution in [0.4, 0.5) is 0 Å². The van der Waals surface area contributed by atoms with Gasteiger partial charge in [-0.15, -0.1) is 0 Å². The van der Waals surface area contributed by atoms with E-state index in [-0.39, 0.29) is 0 Å². The van der Waals surface area contributed by atoms with Crippen molar-refractivity contribution in [3.8, 4) is 0 Å². The van der Waals surface area contributed by atoms with Crippen molar-refractivity contribution in [3.05, 3.63) is 90.0 Å². The second-order valence-electron chi connectivity index (χ2n) is 5.29. The first kappa shape index (κ1) is 16.2. The Labute approximate surface area is 146 Å². The number of hydrogen-bond acceptors (Lipinski definition) is 1. The third kappa shape index (κ3) is 4.20. The van der Waals surface area contributed by atoms with E-state index < -0.39 is 10.8 Å². The fraction of sp³-hybridized carbons (Fsp3) is 0.100. The van der Waals surface area contributed by atoms with Crippen LogP contribution in [0.2, 0.25) is 0 Å². The molecule has 3 aromatic rings. The molecule has 1 atom stereocenters. The van der Waals surface area contributed by atoms with Crippen LogP contribution in [0.1, 0.15) is 11.1 Å². The van der Waals surface area contributed by atoms with E-state index in [4.69, 9.17) is 0 Å². The summed E-state index contributed by atoms with van der Waals surface area (Å²) in [4.78, 5) is 1.81. The molecule has 0 radical (unpaired) electrons. The first-order valence-corrected chi connectivity index (χ1v) is 10.7. The molecule has 0 aromatic heterocycles. The van der Waals surface area contributed by atoms with Crippen molar-refractivity contribution in [1.29, 1.82) is 0 Å². The number of aryl methyl sites for hydroxylation is 1. The maximum atomic E-state index is 12.9. The van der Waals surface area contributed by atoms with Crippen LogP contribution >= 0.6 is 0 Å². The predicted molar refractivity (Wildman–Crippen MR) is 97.8 cm³/mol. The van der Waals surface area contributed by atoms with Crippen molar-refractivity contribution >= 4 is 30.2 Å². The van der Waals surface area contributed by atoms with E-state index in [2.05, 4.69) is 30.3 Å². The molecule has 0 aliphatic carbocycles. The predicted octanol–water partition coefficient (Wildman–Crippen LogP) is 3.69. The van der Waals surface area contributed by atoms with Crippen LogP contribution in [0.25, 0.3) is 0 Å². The van der Waals surface area contributed by atoms with Crippen molar-refractivity contribution < 1.29 is 4.21 Å². The van der Waals surface area contributed by atoms with Crippen LogP contribution in [-0.4, -0.2) is 19.2 Å². The quantitative estimate of drug-likeness (QED) is 0.613. The Balaban J connectivity index is 1.82. The fourth-order valence-electron chi connectivity index (χ4n) is 2.27. The Hall–Kier alpha value is -1.67. The average Bonchev–Trinajstić information content (AvgIpc) is 2.61. The van der Waals surface area contributed by atoms with Gasteiger partial charge in [-0.25, -0.2) is 0 Å². The number of benzene rings is 3. The number of rotatable bonds is 5. The van der Waals surface area contributed by atoms with Gasteiger partial charge in [0.05, 0.1) is 0 Å². The summed E-state index contributed by atoms with van der Waals surface area (Å²) >= 11 is 0.356. The van der Waals surface area contributed by atoms with Gasteiger partial charge in [0.1, 0.15) is 0 Å². The first-order valence-electron chi connectivity index (χ1n) is 7.48. The first-order chi connectivity index (χ1) is 11.2. The zero-order valence-electron chi connectivity index (χ0n) is 12.9. The molecule has 0 heterocycles. The standard InChI is InChI=1S/C20H18OSSe/c1-16-11-13-18(14-12-16)22(21)20-10-6-5-7-17(20)15-23-19-8-3-2-4-9-19/h2-14H,15H2,1H3/t22-/m0/s1. The van der Waals surface area contributed by atoms with Crippen LogP contribution in [0.5, 0.6) is 0 Å². The molecule has 3 rings (SSSR count). The molecule has 0 amide bonds. The zero-order chi connectivity index (χ0) is 16.1. The van der Waals surface area contributed by atoms with Gasteiger partial charge in [-0.05, 0) is 0 Å². The van der Waals surface area contributed by atoms with E-state index in [1.165, 1.54) is 15.6 Å². The van der Waals surface area contributed by atoms with Gasteiger partial charge >= 0.3 is 146 Å². The van der Waals surface area contributed by atoms with Crippen LogP contribution in [0.3, 0.4) is 0 Å². The van der Waals surface area contributed by atoms with E-state index >= 15 is 0 Å². The SMILES string of the molecule is Cc1ccc([S@](=O)c2ccccc2C[Se]c2ccccc2)cc1. The van der Waals surface area contributed by atoms with E-state index in [0.717, 1.165) is 15.1 Å². The second kappa shape index (κ2) is 7.74. The van der Waals surface area contributed by atoms with Crippen LogP contribution in [0.15, 0.2) is 88.7 Å². The topological polar surface area (TPSA) is 17.1 Å². The normalized spacial score (nSPS) is 12.0. The molecule has 0 saturated heterocycles. The summed E-state index contributed by atoms with van der Waals surface area (Å²) in [5.74, 6) is 0. The monoisotopic (exact) mass is 386 g/mol. The second-order valence-corrected chi connectivity index (χ2v) is 8.94. The molecule has 0 spiro atoms. The van der Waals surface area contributed by atoms with Crippen molar-refractivity contribution in [2.45, 2.75) is 22.0 Å². The fourth-order valence-corrected chi connectivity index (χ4v) is 5.63. The average molecular weight is 385 g/mol. The van der Waals surface area contributed by atoms with Crippen LogP contribution < -0.4 is 4.46 Å². The van der Waals surface area contributed by atoms with Gasteiger partial charge in [-0.1, -0.05) is 0 Å². The third-order valence-corrected chi connectivity index (χ3v) is 7.27. The molecule has 1 nitrogen and oxygen atoms in total. The van der Waals surface area contributed by atoms with Crippen molar-refractivity contribution in [1.82, 2.24) is 0 Å². The van der Waals surface area contributed by atoms with Crippen molar-refractivity contribution in [2.24, 2.45) is 0 Å². The van der Waals surface area contributed by atoms with E-state index in [9.17, 15) is 4.21 Å². The Morgan fingerprint density at radius 1 is 0.826 bits per heavy atom. The summed E-state index contributed by atoms with van der Waals surface area (Å²) in [5, 5.41) is 0.963. The van der Waals surface area contributed by atoms with Crippen molar-refractivity contribution in [3.63, 3.8) is 0 Å². The third-order valence-electron chi connectivity index (χ3n) is 3.54. The Kier molecular flexibility index (Phi) is 5.45. The summed E-state index contributed by atoms with van der Waals surface area (Å²) < 4.78 is 14.3. The molecule has 0 saturated carbocycles. The molecule has 0 aliphatic heterocycles.